The summed E-state index contributed by atoms with van der Waals surface area (Å²) >= 11 is 0. The molecule has 0 spiro atoms. The highest BCUT2D eigenvalue weighted by Crippen LogP contribution is 2.30. The first-order valence-corrected chi connectivity index (χ1v) is 13.4. The van der Waals surface area contributed by atoms with E-state index in [1.807, 2.05) is 44.3 Å². The normalized spacial score (nSPS) is 14.6. The molecule has 3 aromatic heterocycles. The van der Waals surface area contributed by atoms with E-state index < -0.39 is 22.1 Å². The van der Waals surface area contributed by atoms with Gasteiger partial charge in [-0.3, -0.25) is 9.20 Å². The first kappa shape index (κ1) is 25.9. The minimum Gasteiger partial charge on any atom is -0.347 e. The van der Waals surface area contributed by atoms with Gasteiger partial charge in [0, 0.05) is 37.6 Å². The first-order valence-electron chi connectivity index (χ1n) is 12.0. The molecule has 1 N–H and O–H groups in total. The smallest absolute Gasteiger partial charge is 0.347 e. The minimum atomic E-state index is -5.41. The molecule has 1 aliphatic rings. The number of rotatable bonds is 6. The second kappa shape index (κ2) is 9.55. The molecule has 4 aromatic rings. The van der Waals surface area contributed by atoms with Gasteiger partial charge in [-0.2, -0.15) is 17.5 Å². The molecule has 1 amide bonds. The van der Waals surface area contributed by atoms with Gasteiger partial charge in [0.25, 0.3) is 5.91 Å². The quantitative estimate of drug-likeness (QED) is 0.398. The number of aromatic nitrogens is 4. The number of benzene rings is 1. The minimum absolute atomic E-state index is 0.0737. The maximum Gasteiger partial charge on any atom is 0.511 e. The monoisotopic (exact) mass is 546 g/mol. The topological polar surface area (TPSA) is 102 Å². The Morgan fingerprint density at radius 3 is 2.47 bits per heavy atom. The van der Waals surface area contributed by atoms with E-state index in [0.29, 0.717) is 33.5 Å². The lowest BCUT2D eigenvalue weighted by Crippen LogP contribution is -2.44. The van der Waals surface area contributed by atoms with Gasteiger partial charge in [0.1, 0.15) is 17.2 Å². The summed E-state index contributed by atoms with van der Waals surface area (Å²) in [5.41, 5.74) is -0.314. The van der Waals surface area contributed by atoms with Gasteiger partial charge in [0.05, 0.1) is 17.9 Å². The van der Waals surface area contributed by atoms with Crippen molar-refractivity contribution in [2.75, 3.05) is 6.54 Å². The number of alkyl halides is 3. The summed E-state index contributed by atoms with van der Waals surface area (Å²) in [5, 5.41) is 2.94. The summed E-state index contributed by atoms with van der Waals surface area (Å²) in [5.74, 6) is 0.00887. The summed E-state index contributed by atoms with van der Waals surface area (Å²) < 4.78 is 66.2. The molecular formula is C25H25F3N6O3S. The lowest BCUT2D eigenvalue weighted by atomic mass is 10.1. The largest absolute Gasteiger partial charge is 0.511 e. The van der Waals surface area contributed by atoms with Crippen molar-refractivity contribution in [3.63, 3.8) is 0 Å². The lowest BCUT2D eigenvalue weighted by molar-refractivity contribution is -0.0496. The highest BCUT2D eigenvalue weighted by molar-refractivity contribution is 7.89. The van der Waals surface area contributed by atoms with Crippen LogP contribution >= 0.6 is 0 Å². The second-order valence-electron chi connectivity index (χ2n) is 9.10. The van der Waals surface area contributed by atoms with Gasteiger partial charge in [-0.15, -0.1) is 0 Å². The standard InChI is InChI=1S/C25H25F3N6O3S/c1-3-19-23(34-13-16(2)4-9-21(34)30-19)24(35)29-12-17-5-7-18(8-6-17)20-14-32-10-11-33(15-22(32)31-20)38(36,37)25(26,27)28/h4-9,13-14H,3,10-12,15H2,1-2H3,(H,29,35). The second-order valence-corrected chi connectivity index (χ2v) is 11.0. The van der Waals surface area contributed by atoms with Crippen molar-refractivity contribution in [3.8, 4) is 11.3 Å². The number of hydrogen-bond acceptors (Lipinski definition) is 5. The molecule has 0 fully saturated rings. The van der Waals surface area contributed by atoms with Gasteiger partial charge in [-0.25, -0.2) is 18.4 Å². The Morgan fingerprint density at radius 1 is 1.05 bits per heavy atom. The van der Waals surface area contributed by atoms with Crippen LogP contribution in [0, 0.1) is 6.92 Å². The zero-order chi connectivity index (χ0) is 27.2. The highest BCUT2D eigenvalue weighted by atomic mass is 32.2. The van der Waals surface area contributed by atoms with E-state index in [1.165, 1.54) is 0 Å². The molecule has 0 radical (unpaired) electrons. The molecule has 13 heteroatoms. The number of fused-ring (bicyclic) bond motifs is 2. The molecule has 1 aromatic carbocycles. The number of sulfonamides is 1. The first-order chi connectivity index (χ1) is 18.0. The Bertz CT molecular complexity index is 1620. The fraction of sp³-hybridized carbons (Fsp3) is 0.320. The SMILES string of the molecule is CCc1nc2ccc(C)cn2c1C(=O)NCc1ccc(-c2cn3c(n2)CN(S(=O)(=O)C(F)(F)F)CC3)cc1. The van der Waals surface area contributed by atoms with Crippen LogP contribution in [0.25, 0.3) is 16.9 Å². The number of carbonyl (C=O) groups is 1. The Labute approximate surface area is 217 Å². The van der Waals surface area contributed by atoms with Gasteiger partial charge >= 0.3 is 15.5 Å². The van der Waals surface area contributed by atoms with Crippen molar-refractivity contribution in [1.82, 2.24) is 28.6 Å². The van der Waals surface area contributed by atoms with E-state index in [0.717, 1.165) is 16.7 Å². The molecule has 5 rings (SSSR count). The zero-order valence-electron chi connectivity index (χ0n) is 20.7. The summed E-state index contributed by atoms with van der Waals surface area (Å²) in [6.45, 7) is 3.52. The zero-order valence-corrected chi connectivity index (χ0v) is 21.5. The summed E-state index contributed by atoms with van der Waals surface area (Å²) in [4.78, 5) is 22.0. The summed E-state index contributed by atoms with van der Waals surface area (Å²) in [6.07, 6.45) is 4.20. The van der Waals surface area contributed by atoms with Crippen LogP contribution < -0.4 is 5.32 Å². The number of hydrogen-bond donors (Lipinski definition) is 1. The van der Waals surface area contributed by atoms with Crippen molar-refractivity contribution in [2.24, 2.45) is 0 Å². The third kappa shape index (κ3) is 4.67. The molecule has 9 nitrogen and oxygen atoms in total. The van der Waals surface area contributed by atoms with Gasteiger partial charge in [-0.1, -0.05) is 37.3 Å². The number of nitrogens with one attached hydrogen (secondary N) is 1. The third-order valence-corrected chi connectivity index (χ3v) is 8.07. The Morgan fingerprint density at radius 2 is 1.79 bits per heavy atom. The Kier molecular flexibility index (Phi) is 6.51. The van der Waals surface area contributed by atoms with E-state index in [-0.39, 0.29) is 31.4 Å². The highest BCUT2D eigenvalue weighted by Gasteiger charge is 2.50. The number of pyridine rings is 1. The molecule has 0 unspecified atom stereocenters. The van der Waals surface area contributed by atoms with E-state index >= 15 is 0 Å². The molecule has 0 saturated carbocycles. The lowest BCUT2D eigenvalue weighted by Gasteiger charge is -2.27. The number of nitrogens with zero attached hydrogens (tertiary/aromatic N) is 5. The van der Waals surface area contributed by atoms with Gasteiger partial charge in [0.2, 0.25) is 0 Å². The van der Waals surface area contributed by atoms with Crippen LogP contribution in [0.4, 0.5) is 13.2 Å². The van der Waals surface area contributed by atoms with Crippen LogP contribution in [0.1, 0.15) is 40.1 Å². The van der Waals surface area contributed by atoms with E-state index in [9.17, 15) is 26.4 Å². The third-order valence-electron chi connectivity index (χ3n) is 6.49. The van der Waals surface area contributed by atoms with Crippen LogP contribution in [0.15, 0.2) is 48.8 Å². The van der Waals surface area contributed by atoms with Crippen molar-refractivity contribution >= 4 is 21.6 Å². The maximum atomic E-state index is 13.0. The van der Waals surface area contributed by atoms with Crippen molar-refractivity contribution in [2.45, 2.75) is 45.4 Å². The number of carbonyl (C=O) groups excluding carboxylic acids is 1. The maximum absolute atomic E-state index is 13.0. The molecule has 0 bridgehead atoms. The average Bonchev–Trinajstić information content (AvgIpc) is 3.47. The number of aryl methyl sites for hydroxylation is 2. The van der Waals surface area contributed by atoms with Crippen molar-refractivity contribution < 1.29 is 26.4 Å². The fourth-order valence-electron chi connectivity index (χ4n) is 4.47. The molecule has 0 saturated heterocycles. The number of amides is 1. The molecule has 0 atom stereocenters. The van der Waals surface area contributed by atoms with Crippen LogP contribution in [-0.4, -0.2) is 49.6 Å². The van der Waals surface area contributed by atoms with Gasteiger partial charge < -0.3 is 9.88 Å². The van der Waals surface area contributed by atoms with Gasteiger partial charge in [0.15, 0.2) is 0 Å². The predicted octanol–water partition coefficient (Wildman–Crippen LogP) is 3.66. The molecular weight excluding hydrogens is 521 g/mol. The van der Waals surface area contributed by atoms with Crippen LogP contribution in [-0.2, 0) is 36.1 Å². The average molecular weight is 547 g/mol. The molecule has 0 aliphatic carbocycles. The summed E-state index contributed by atoms with van der Waals surface area (Å²) in [7, 11) is -5.41. The van der Waals surface area contributed by atoms with E-state index in [1.54, 1.807) is 27.3 Å². The summed E-state index contributed by atoms with van der Waals surface area (Å²) in [6, 6.07) is 11.1. The molecule has 1 aliphatic heterocycles. The van der Waals surface area contributed by atoms with E-state index in [2.05, 4.69) is 15.3 Å². The number of imidazole rings is 2. The van der Waals surface area contributed by atoms with Crippen molar-refractivity contribution in [1.29, 1.82) is 0 Å². The van der Waals surface area contributed by atoms with E-state index in [4.69, 9.17) is 0 Å². The predicted molar refractivity (Wildman–Crippen MR) is 134 cm³/mol. The van der Waals surface area contributed by atoms with Crippen LogP contribution in [0.3, 0.4) is 0 Å². The number of halogens is 3. The van der Waals surface area contributed by atoms with Gasteiger partial charge in [-0.05, 0) is 30.5 Å². The Balaban J connectivity index is 1.28. The fourth-order valence-corrected chi connectivity index (χ4v) is 5.37. The molecule has 4 heterocycles. The van der Waals surface area contributed by atoms with Crippen LogP contribution in [0.5, 0.6) is 0 Å². The van der Waals surface area contributed by atoms with Crippen molar-refractivity contribution in [3.05, 3.63) is 77.1 Å². The van der Waals surface area contributed by atoms with Crippen LogP contribution in [0.2, 0.25) is 0 Å². The molecule has 38 heavy (non-hydrogen) atoms. The molecule has 200 valence electrons. The Hall–Kier alpha value is -3.71.